The summed E-state index contributed by atoms with van der Waals surface area (Å²) in [4.78, 5) is 21.4. The van der Waals surface area contributed by atoms with E-state index in [1.807, 2.05) is 37.4 Å². The Labute approximate surface area is 178 Å². The predicted octanol–water partition coefficient (Wildman–Crippen LogP) is 4.70. The highest BCUT2D eigenvalue weighted by Gasteiger charge is 2.45. The summed E-state index contributed by atoms with van der Waals surface area (Å²) in [5, 5.41) is 0. The molecule has 2 unspecified atom stereocenters. The van der Waals surface area contributed by atoms with Gasteiger partial charge in [0, 0.05) is 55.3 Å². The molecule has 5 nitrogen and oxygen atoms in total. The topological polar surface area (TPSA) is 36.0 Å². The quantitative estimate of drug-likeness (QED) is 0.665. The highest BCUT2D eigenvalue weighted by molar-refractivity contribution is 7.99. The number of ether oxygens (including phenoxy) is 1. The summed E-state index contributed by atoms with van der Waals surface area (Å²) in [6.45, 7) is 10.9. The van der Waals surface area contributed by atoms with Crippen LogP contribution in [0.2, 0.25) is 0 Å². The fourth-order valence-corrected chi connectivity index (χ4v) is 6.51. The SMILES string of the molecule is CC(C)(C)OC(=O)N1CCC2C(C1)c1cc(N3CCCC3)cc3c1N2CCCS3. The van der Waals surface area contributed by atoms with Crippen LogP contribution in [0.3, 0.4) is 0 Å². The van der Waals surface area contributed by atoms with E-state index in [4.69, 9.17) is 4.74 Å². The Morgan fingerprint density at radius 2 is 1.90 bits per heavy atom. The zero-order valence-electron chi connectivity index (χ0n) is 17.9. The van der Waals surface area contributed by atoms with Crippen molar-refractivity contribution < 1.29 is 9.53 Å². The van der Waals surface area contributed by atoms with Gasteiger partial charge in [-0.05, 0) is 69.9 Å². The molecular formula is C23H33N3O2S. The van der Waals surface area contributed by atoms with E-state index in [1.54, 1.807) is 0 Å². The maximum atomic E-state index is 12.8. The van der Waals surface area contributed by atoms with Crippen LogP contribution in [0, 0.1) is 0 Å². The first-order valence-electron chi connectivity index (χ1n) is 11.2. The van der Waals surface area contributed by atoms with Gasteiger partial charge in [-0.1, -0.05) is 0 Å². The molecule has 0 aromatic heterocycles. The largest absolute Gasteiger partial charge is 0.444 e. The average molecular weight is 416 g/mol. The molecule has 2 fully saturated rings. The lowest BCUT2D eigenvalue weighted by Crippen LogP contribution is -2.49. The van der Waals surface area contributed by atoms with Crippen molar-refractivity contribution in [1.82, 2.24) is 4.90 Å². The number of carbonyl (C=O) groups is 1. The normalized spacial score (nSPS) is 26.2. The van der Waals surface area contributed by atoms with Crippen LogP contribution in [0.25, 0.3) is 0 Å². The molecule has 4 aliphatic rings. The van der Waals surface area contributed by atoms with Crippen LogP contribution in [0.15, 0.2) is 17.0 Å². The number of nitrogens with zero attached hydrogens (tertiary/aromatic N) is 3. The van der Waals surface area contributed by atoms with E-state index in [0.29, 0.717) is 12.0 Å². The van der Waals surface area contributed by atoms with Gasteiger partial charge in [-0.3, -0.25) is 0 Å². The van der Waals surface area contributed by atoms with Crippen molar-refractivity contribution in [2.24, 2.45) is 0 Å². The third kappa shape index (κ3) is 3.58. The molecule has 1 aromatic carbocycles. The van der Waals surface area contributed by atoms with Crippen LogP contribution in [0.4, 0.5) is 16.2 Å². The monoisotopic (exact) mass is 415 g/mol. The van der Waals surface area contributed by atoms with E-state index < -0.39 is 5.60 Å². The number of thioether (sulfide) groups is 1. The molecule has 4 heterocycles. The van der Waals surface area contributed by atoms with Crippen LogP contribution >= 0.6 is 11.8 Å². The minimum absolute atomic E-state index is 0.159. The molecule has 1 amide bonds. The Kier molecular flexibility index (Phi) is 4.88. The lowest BCUT2D eigenvalue weighted by molar-refractivity contribution is 0.0189. The molecule has 0 radical (unpaired) electrons. The predicted molar refractivity (Wildman–Crippen MR) is 120 cm³/mol. The molecule has 29 heavy (non-hydrogen) atoms. The van der Waals surface area contributed by atoms with Crippen molar-refractivity contribution in [3.63, 3.8) is 0 Å². The van der Waals surface area contributed by atoms with Crippen LogP contribution in [0.5, 0.6) is 0 Å². The van der Waals surface area contributed by atoms with Crippen molar-refractivity contribution in [2.45, 2.75) is 68.9 Å². The highest BCUT2D eigenvalue weighted by atomic mass is 32.2. The number of hydrogen-bond donors (Lipinski definition) is 0. The Morgan fingerprint density at radius 1 is 1.10 bits per heavy atom. The van der Waals surface area contributed by atoms with Gasteiger partial charge in [-0.2, -0.15) is 0 Å². The van der Waals surface area contributed by atoms with Gasteiger partial charge in [-0.25, -0.2) is 4.79 Å². The summed E-state index contributed by atoms with van der Waals surface area (Å²) in [6.07, 6.45) is 4.70. The summed E-state index contributed by atoms with van der Waals surface area (Å²) in [6, 6.07) is 5.41. The average Bonchev–Trinajstić information content (AvgIpc) is 3.24. The molecule has 2 atom stereocenters. The minimum Gasteiger partial charge on any atom is -0.444 e. The number of benzene rings is 1. The summed E-state index contributed by atoms with van der Waals surface area (Å²) < 4.78 is 5.69. The first-order valence-corrected chi connectivity index (χ1v) is 12.2. The van der Waals surface area contributed by atoms with E-state index in [2.05, 4.69) is 21.9 Å². The maximum absolute atomic E-state index is 12.8. The maximum Gasteiger partial charge on any atom is 0.410 e. The first kappa shape index (κ1) is 19.4. The van der Waals surface area contributed by atoms with Gasteiger partial charge in [0.15, 0.2) is 0 Å². The number of carbonyl (C=O) groups excluding carboxylic acids is 1. The smallest absolute Gasteiger partial charge is 0.410 e. The van der Waals surface area contributed by atoms with E-state index in [-0.39, 0.29) is 6.09 Å². The third-order valence-corrected chi connectivity index (χ3v) is 7.79. The number of piperidine rings is 1. The number of amides is 1. The van der Waals surface area contributed by atoms with Gasteiger partial charge in [0.2, 0.25) is 0 Å². The molecule has 0 bridgehead atoms. The lowest BCUT2D eigenvalue weighted by atomic mass is 9.89. The van der Waals surface area contributed by atoms with Gasteiger partial charge in [-0.15, -0.1) is 11.8 Å². The molecule has 2 saturated heterocycles. The molecule has 1 aromatic rings. The van der Waals surface area contributed by atoms with Crippen molar-refractivity contribution >= 4 is 29.2 Å². The third-order valence-electron chi connectivity index (χ3n) is 6.68. The summed E-state index contributed by atoms with van der Waals surface area (Å²) in [5.74, 6) is 1.60. The second kappa shape index (κ2) is 7.29. The van der Waals surface area contributed by atoms with Gasteiger partial charge >= 0.3 is 6.09 Å². The second-order valence-electron chi connectivity index (χ2n) is 9.86. The second-order valence-corrected chi connectivity index (χ2v) is 11.0. The van der Waals surface area contributed by atoms with Crippen LogP contribution < -0.4 is 9.80 Å². The molecular weight excluding hydrogens is 382 g/mol. The molecule has 0 saturated carbocycles. The lowest BCUT2D eigenvalue weighted by Gasteiger charge is -2.39. The molecule has 158 valence electrons. The number of rotatable bonds is 1. The summed E-state index contributed by atoms with van der Waals surface area (Å²) in [7, 11) is 0. The number of fused-ring (bicyclic) bond motifs is 3. The number of anilines is 2. The van der Waals surface area contributed by atoms with Gasteiger partial charge in [0.1, 0.15) is 5.60 Å². The molecule has 5 rings (SSSR count). The fourth-order valence-electron chi connectivity index (χ4n) is 5.44. The molecule has 0 aliphatic carbocycles. The van der Waals surface area contributed by atoms with Crippen molar-refractivity contribution in [3.8, 4) is 0 Å². The van der Waals surface area contributed by atoms with Crippen molar-refractivity contribution in [1.29, 1.82) is 0 Å². The van der Waals surface area contributed by atoms with Gasteiger partial charge in [0.05, 0.1) is 5.69 Å². The Morgan fingerprint density at radius 3 is 2.66 bits per heavy atom. The highest BCUT2D eigenvalue weighted by Crippen LogP contribution is 2.52. The standard InChI is InChI=1S/C23H33N3O2S/c1-23(2,3)28-22(27)25-11-7-19-18(15-25)17-13-16(24-8-4-5-9-24)14-20-21(17)26(19)10-6-12-29-20/h13-14,18-19H,4-12,15H2,1-3H3. The molecule has 6 heteroatoms. The Balaban J connectivity index is 1.48. The van der Waals surface area contributed by atoms with Crippen LogP contribution in [-0.4, -0.2) is 61.1 Å². The Bertz CT molecular complexity index is 800. The van der Waals surface area contributed by atoms with Gasteiger partial charge in [0.25, 0.3) is 0 Å². The van der Waals surface area contributed by atoms with E-state index in [9.17, 15) is 4.79 Å². The molecule has 4 aliphatic heterocycles. The Hall–Kier alpha value is -1.56. The van der Waals surface area contributed by atoms with E-state index >= 15 is 0 Å². The first-order chi connectivity index (χ1) is 13.9. The van der Waals surface area contributed by atoms with E-state index in [1.165, 1.54) is 59.9 Å². The number of hydrogen-bond acceptors (Lipinski definition) is 5. The van der Waals surface area contributed by atoms with Crippen molar-refractivity contribution in [2.75, 3.05) is 48.3 Å². The molecule has 0 spiro atoms. The summed E-state index contributed by atoms with van der Waals surface area (Å²) >= 11 is 2.03. The van der Waals surface area contributed by atoms with Crippen LogP contribution in [-0.2, 0) is 4.74 Å². The van der Waals surface area contributed by atoms with Gasteiger partial charge < -0.3 is 19.4 Å². The molecule has 0 N–H and O–H groups in total. The fraction of sp³-hybridized carbons (Fsp3) is 0.696. The van der Waals surface area contributed by atoms with E-state index in [0.717, 1.165) is 26.1 Å². The summed E-state index contributed by atoms with van der Waals surface area (Å²) in [5.41, 5.74) is 3.88. The zero-order valence-corrected chi connectivity index (χ0v) is 18.8. The minimum atomic E-state index is -0.443. The van der Waals surface area contributed by atoms with Crippen molar-refractivity contribution in [3.05, 3.63) is 17.7 Å². The number of likely N-dealkylation sites (tertiary alicyclic amines) is 1. The van der Waals surface area contributed by atoms with Crippen LogP contribution in [0.1, 0.15) is 57.9 Å². The zero-order chi connectivity index (χ0) is 20.2.